The van der Waals surface area contributed by atoms with Crippen LogP contribution in [0, 0.1) is 27.4 Å². The lowest BCUT2D eigenvalue weighted by molar-refractivity contribution is -0.384. The largest absolute Gasteiger partial charge is 0.361 e. The fourth-order valence-corrected chi connectivity index (χ4v) is 2.12. The van der Waals surface area contributed by atoms with Crippen LogP contribution in [0.3, 0.4) is 0 Å². The Morgan fingerprint density at radius 3 is 3.11 bits per heavy atom. The zero-order valence-corrected chi connectivity index (χ0v) is 10.1. The van der Waals surface area contributed by atoms with Crippen molar-refractivity contribution in [2.75, 3.05) is 5.32 Å². The summed E-state index contributed by atoms with van der Waals surface area (Å²) in [5.74, 6) is 0.782. The fourth-order valence-electron chi connectivity index (χ4n) is 2.12. The van der Waals surface area contributed by atoms with Crippen molar-refractivity contribution in [3.8, 4) is 6.07 Å². The van der Waals surface area contributed by atoms with Crippen LogP contribution in [-0.2, 0) is 0 Å². The molecule has 6 heteroatoms. The number of hydrogen-bond donors (Lipinski definition) is 1. The Labute approximate surface area is 105 Å². The van der Waals surface area contributed by atoms with Gasteiger partial charge in [0.15, 0.2) is 0 Å². The maximum atomic E-state index is 11.0. The topological polar surface area (TPSA) is 91.8 Å². The Bertz CT molecular complexity index is 509. The Morgan fingerprint density at radius 1 is 1.72 bits per heavy atom. The number of anilines is 1. The van der Waals surface area contributed by atoms with Crippen molar-refractivity contribution in [2.45, 2.75) is 32.2 Å². The third kappa shape index (κ3) is 2.40. The van der Waals surface area contributed by atoms with E-state index in [0.717, 1.165) is 19.3 Å². The van der Waals surface area contributed by atoms with Gasteiger partial charge in [-0.1, -0.05) is 13.3 Å². The van der Waals surface area contributed by atoms with Gasteiger partial charge in [0.25, 0.3) is 0 Å². The average Bonchev–Trinajstić information content (AvgIpc) is 3.07. The van der Waals surface area contributed by atoms with Gasteiger partial charge >= 0.3 is 5.69 Å². The lowest BCUT2D eigenvalue weighted by atomic mass is 10.2. The summed E-state index contributed by atoms with van der Waals surface area (Å²) >= 11 is 0. The van der Waals surface area contributed by atoms with E-state index in [9.17, 15) is 10.1 Å². The van der Waals surface area contributed by atoms with Gasteiger partial charge in [-0.15, -0.1) is 0 Å². The summed E-state index contributed by atoms with van der Waals surface area (Å²) in [6.07, 6.45) is 4.66. The number of nitrogens with zero attached hydrogens (tertiary/aromatic N) is 3. The van der Waals surface area contributed by atoms with Crippen molar-refractivity contribution in [1.29, 1.82) is 5.26 Å². The Hall–Kier alpha value is -2.16. The molecule has 2 unspecified atom stereocenters. The minimum absolute atomic E-state index is 0.0465. The smallest absolute Gasteiger partial charge is 0.328 e. The van der Waals surface area contributed by atoms with Crippen LogP contribution in [0.25, 0.3) is 0 Å². The van der Waals surface area contributed by atoms with Gasteiger partial charge in [0.2, 0.25) is 5.82 Å². The highest BCUT2D eigenvalue weighted by atomic mass is 16.6. The van der Waals surface area contributed by atoms with Crippen molar-refractivity contribution in [3.63, 3.8) is 0 Å². The first-order valence-corrected chi connectivity index (χ1v) is 5.97. The highest BCUT2D eigenvalue weighted by Gasteiger charge is 2.38. The van der Waals surface area contributed by atoms with Gasteiger partial charge in [-0.3, -0.25) is 10.1 Å². The number of hydrogen-bond acceptors (Lipinski definition) is 5. The van der Waals surface area contributed by atoms with Crippen LogP contribution in [0.4, 0.5) is 11.5 Å². The van der Waals surface area contributed by atoms with E-state index < -0.39 is 4.92 Å². The average molecular weight is 246 g/mol. The highest BCUT2D eigenvalue weighted by molar-refractivity contribution is 5.64. The van der Waals surface area contributed by atoms with E-state index in [1.54, 1.807) is 0 Å². The highest BCUT2D eigenvalue weighted by Crippen LogP contribution is 2.39. The fraction of sp³-hybridized carbons (Fsp3) is 0.500. The molecule has 1 N–H and O–H groups in total. The van der Waals surface area contributed by atoms with Crippen LogP contribution in [0.5, 0.6) is 0 Å². The first-order chi connectivity index (χ1) is 8.67. The van der Waals surface area contributed by atoms with Crippen LogP contribution >= 0.6 is 0 Å². The molecular formula is C12H14N4O2. The number of rotatable bonds is 5. The maximum absolute atomic E-state index is 11.0. The van der Waals surface area contributed by atoms with E-state index in [-0.39, 0.29) is 23.1 Å². The molecule has 2 rings (SSSR count). The van der Waals surface area contributed by atoms with E-state index in [4.69, 9.17) is 5.26 Å². The molecule has 94 valence electrons. The molecule has 0 aromatic carbocycles. The summed E-state index contributed by atoms with van der Waals surface area (Å²) in [5, 5.41) is 22.9. The summed E-state index contributed by atoms with van der Waals surface area (Å²) in [4.78, 5) is 14.4. The molecule has 0 radical (unpaired) electrons. The zero-order chi connectivity index (χ0) is 13.1. The van der Waals surface area contributed by atoms with Crippen molar-refractivity contribution in [1.82, 2.24) is 4.98 Å². The van der Waals surface area contributed by atoms with E-state index in [1.807, 2.05) is 6.07 Å². The van der Waals surface area contributed by atoms with Crippen molar-refractivity contribution in [2.24, 2.45) is 5.92 Å². The van der Waals surface area contributed by atoms with E-state index in [0.29, 0.717) is 5.92 Å². The van der Waals surface area contributed by atoms with Crippen molar-refractivity contribution < 1.29 is 4.92 Å². The van der Waals surface area contributed by atoms with Crippen LogP contribution in [0.1, 0.15) is 31.7 Å². The molecule has 1 aromatic heterocycles. The van der Waals surface area contributed by atoms with E-state index in [2.05, 4.69) is 17.2 Å². The summed E-state index contributed by atoms with van der Waals surface area (Å²) < 4.78 is 0. The van der Waals surface area contributed by atoms with Crippen molar-refractivity contribution in [3.05, 3.63) is 27.9 Å². The molecule has 2 atom stereocenters. The molecule has 6 nitrogen and oxygen atoms in total. The molecule has 1 aromatic rings. The summed E-state index contributed by atoms with van der Waals surface area (Å²) in [7, 11) is 0. The van der Waals surface area contributed by atoms with Gasteiger partial charge in [0.1, 0.15) is 11.6 Å². The number of nitro groups is 1. The molecule has 0 amide bonds. The molecule has 0 bridgehead atoms. The molecule has 1 fully saturated rings. The van der Waals surface area contributed by atoms with Gasteiger partial charge in [-0.2, -0.15) is 5.26 Å². The second kappa shape index (κ2) is 5.00. The van der Waals surface area contributed by atoms with Gasteiger partial charge in [-0.05, 0) is 24.8 Å². The number of nitriles is 1. The second-order valence-corrected chi connectivity index (χ2v) is 4.46. The predicted molar refractivity (Wildman–Crippen MR) is 66.0 cm³/mol. The summed E-state index contributed by atoms with van der Waals surface area (Å²) in [6.45, 7) is 2.12. The van der Waals surface area contributed by atoms with Crippen LogP contribution < -0.4 is 5.32 Å². The lowest BCUT2D eigenvalue weighted by Gasteiger charge is -2.06. The van der Waals surface area contributed by atoms with Crippen molar-refractivity contribution >= 4 is 11.5 Å². The second-order valence-electron chi connectivity index (χ2n) is 4.46. The third-order valence-corrected chi connectivity index (χ3v) is 3.13. The maximum Gasteiger partial charge on any atom is 0.328 e. The molecule has 1 aliphatic rings. The van der Waals surface area contributed by atoms with E-state index >= 15 is 0 Å². The lowest BCUT2D eigenvalue weighted by Crippen LogP contribution is -2.09. The quantitative estimate of drug-likeness (QED) is 0.636. The predicted octanol–water partition coefficient (Wildman–Crippen LogP) is 2.46. The molecule has 0 aliphatic heterocycles. The minimum Gasteiger partial charge on any atom is -0.361 e. The van der Waals surface area contributed by atoms with Gasteiger partial charge in [-0.25, -0.2) is 4.98 Å². The SMILES string of the molecule is CCCC1CC1Nc1nccc(C#N)c1[N+](=O)[O-]. The van der Waals surface area contributed by atoms with Crippen LogP contribution in [0.2, 0.25) is 0 Å². The molecule has 0 spiro atoms. The molecule has 18 heavy (non-hydrogen) atoms. The molecule has 1 saturated carbocycles. The molecule has 0 saturated heterocycles. The van der Waals surface area contributed by atoms with Crippen LogP contribution in [0.15, 0.2) is 12.3 Å². The number of nitrogens with one attached hydrogen (secondary N) is 1. The van der Waals surface area contributed by atoms with Crippen LogP contribution in [-0.4, -0.2) is 15.9 Å². The van der Waals surface area contributed by atoms with Gasteiger partial charge in [0.05, 0.1) is 4.92 Å². The molecule has 1 heterocycles. The Kier molecular flexibility index (Phi) is 3.42. The Balaban J connectivity index is 2.19. The van der Waals surface area contributed by atoms with E-state index in [1.165, 1.54) is 12.3 Å². The normalized spacial score (nSPS) is 21.1. The third-order valence-electron chi connectivity index (χ3n) is 3.13. The van der Waals surface area contributed by atoms with Gasteiger partial charge in [0, 0.05) is 12.2 Å². The summed E-state index contributed by atoms with van der Waals surface area (Å²) in [5.41, 5.74) is -0.174. The van der Waals surface area contributed by atoms with Gasteiger partial charge < -0.3 is 5.32 Å². The standard InChI is InChI=1S/C12H14N4O2/c1-2-3-8-6-10(8)15-12-11(16(17)18)9(7-13)4-5-14-12/h4-5,8,10H,2-3,6H2,1H3,(H,14,15). The first kappa shape index (κ1) is 12.3. The number of aromatic nitrogens is 1. The number of pyridine rings is 1. The zero-order valence-electron chi connectivity index (χ0n) is 10.1. The monoisotopic (exact) mass is 246 g/mol. The molecular weight excluding hydrogens is 232 g/mol. The Morgan fingerprint density at radius 2 is 2.50 bits per heavy atom. The first-order valence-electron chi connectivity index (χ1n) is 5.97. The molecule has 1 aliphatic carbocycles. The minimum atomic E-state index is -0.551. The summed E-state index contributed by atoms with van der Waals surface area (Å²) in [6, 6.07) is 3.44.